The molecule has 0 saturated heterocycles. The number of thioether (sulfide) groups is 1. The van der Waals surface area contributed by atoms with Crippen LogP contribution in [0.25, 0.3) is 0 Å². The summed E-state index contributed by atoms with van der Waals surface area (Å²) in [6, 6.07) is 0. The number of ketones is 1. The zero-order valence-electron chi connectivity index (χ0n) is 15.6. The van der Waals surface area contributed by atoms with Crippen molar-refractivity contribution in [3.05, 3.63) is 0 Å². The summed E-state index contributed by atoms with van der Waals surface area (Å²) in [6.45, 7) is 5.69. The number of carboxylic acid groups (broad SMARTS) is 2. The van der Waals surface area contributed by atoms with E-state index in [-0.39, 0.29) is 23.9 Å². The molecule has 0 aromatic rings. The molecular weight excluding hydrogens is 360 g/mol. The van der Waals surface area contributed by atoms with Crippen molar-refractivity contribution in [1.29, 1.82) is 5.41 Å². The van der Waals surface area contributed by atoms with Gasteiger partial charge in [-0.05, 0) is 32.9 Å². The van der Waals surface area contributed by atoms with E-state index < -0.39 is 29.5 Å². The molecule has 4 N–H and O–H groups in total. The van der Waals surface area contributed by atoms with Gasteiger partial charge in [0.15, 0.2) is 0 Å². The van der Waals surface area contributed by atoms with Crippen LogP contribution in [0.3, 0.4) is 0 Å². The molecule has 1 amide bonds. The first kappa shape index (κ1) is 26.3. The maximum absolute atomic E-state index is 11.6. The van der Waals surface area contributed by atoms with Gasteiger partial charge in [-0.3, -0.25) is 19.2 Å². The van der Waals surface area contributed by atoms with Gasteiger partial charge in [0.25, 0.3) is 0 Å². The first-order valence-corrected chi connectivity index (χ1v) is 9.52. The van der Waals surface area contributed by atoms with E-state index in [1.165, 1.54) is 13.1 Å². The van der Waals surface area contributed by atoms with Gasteiger partial charge in [-0.2, -0.15) is 0 Å². The molecule has 0 aliphatic rings. The molecule has 0 aliphatic heterocycles. The lowest BCUT2D eigenvalue weighted by Crippen LogP contribution is -2.27. The van der Waals surface area contributed by atoms with Gasteiger partial charge in [0, 0.05) is 24.6 Å². The van der Waals surface area contributed by atoms with Gasteiger partial charge in [-0.25, -0.2) is 0 Å². The summed E-state index contributed by atoms with van der Waals surface area (Å²) in [5, 5.41) is 25.4. The van der Waals surface area contributed by atoms with Gasteiger partial charge in [-0.15, -0.1) is 11.8 Å². The van der Waals surface area contributed by atoms with Crippen LogP contribution in [0.5, 0.6) is 0 Å². The monoisotopic (exact) mass is 390 g/mol. The molecular formula is C17H30N2O6S. The van der Waals surface area contributed by atoms with E-state index in [9.17, 15) is 19.2 Å². The van der Waals surface area contributed by atoms with Crippen molar-refractivity contribution in [1.82, 2.24) is 5.32 Å². The van der Waals surface area contributed by atoms with Gasteiger partial charge >= 0.3 is 11.9 Å². The summed E-state index contributed by atoms with van der Waals surface area (Å²) >= 11 is 0.935. The van der Waals surface area contributed by atoms with Crippen LogP contribution in [0.1, 0.15) is 52.9 Å². The summed E-state index contributed by atoms with van der Waals surface area (Å²) in [7, 11) is 0. The van der Waals surface area contributed by atoms with Crippen LogP contribution in [0.2, 0.25) is 0 Å². The number of nitrogens with one attached hydrogen (secondary N) is 2. The number of unbranched alkanes of at least 4 members (excludes halogenated alkanes) is 1. The smallest absolute Gasteiger partial charge is 0.317 e. The highest BCUT2D eigenvalue weighted by Crippen LogP contribution is 2.22. The van der Waals surface area contributed by atoms with Crippen LogP contribution >= 0.6 is 11.8 Å². The predicted molar refractivity (Wildman–Crippen MR) is 102 cm³/mol. The zero-order chi connectivity index (χ0) is 20.5. The number of rotatable bonds is 13. The summed E-state index contributed by atoms with van der Waals surface area (Å²) in [4.78, 5) is 44.9. The summed E-state index contributed by atoms with van der Waals surface area (Å²) in [5.41, 5.74) is 0. The fraction of sp³-hybridized carbons (Fsp3) is 0.706. The third-order valence-electron chi connectivity index (χ3n) is 3.28. The molecule has 26 heavy (non-hydrogen) atoms. The van der Waals surface area contributed by atoms with Crippen molar-refractivity contribution >= 4 is 41.6 Å². The fourth-order valence-corrected chi connectivity index (χ4v) is 3.08. The van der Waals surface area contributed by atoms with Gasteiger partial charge in [-0.1, -0.05) is 13.3 Å². The molecule has 0 fully saturated rings. The van der Waals surface area contributed by atoms with Crippen molar-refractivity contribution < 1.29 is 29.4 Å². The topological polar surface area (TPSA) is 145 Å². The minimum atomic E-state index is -1.21. The highest BCUT2D eigenvalue weighted by atomic mass is 32.2. The second-order valence-corrected chi connectivity index (χ2v) is 6.83. The molecule has 0 bridgehead atoms. The van der Waals surface area contributed by atoms with Crippen molar-refractivity contribution in [2.24, 2.45) is 5.92 Å². The van der Waals surface area contributed by atoms with E-state index in [1.54, 1.807) is 6.92 Å². The summed E-state index contributed by atoms with van der Waals surface area (Å²) in [6.07, 6.45) is 3.16. The maximum Gasteiger partial charge on any atom is 0.317 e. The largest absolute Gasteiger partial charge is 0.481 e. The Labute approximate surface area is 158 Å². The molecule has 0 aliphatic carbocycles. The van der Waals surface area contributed by atoms with Gasteiger partial charge < -0.3 is 20.9 Å². The second-order valence-electron chi connectivity index (χ2n) is 5.60. The molecule has 2 atom stereocenters. The minimum Gasteiger partial charge on any atom is -0.481 e. The van der Waals surface area contributed by atoms with E-state index in [4.69, 9.17) is 15.6 Å². The van der Waals surface area contributed by atoms with Crippen LogP contribution in [-0.4, -0.2) is 57.6 Å². The van der Waals surface area contributed by atoms with Crippen molar-refractivity contribution in [2.75, 3.05) is 12.3 Å². The number of aliphatic carboxylic acids is 2. The highest BCUT2D eigenvalue weighted by Gasteiger charge is 2.24. The number of amides is 1. The molecule has 9 heteroatoms. The van der Waals surface area contributed by atoms with E-state index >= 15 is 0 Å². The molecule has 150 valence electrons. The van der Waals surface area contributed by atoms with Crippen LogP contribution in [0.4, 0.5) is 0 Å². The predicted octanol–water partition coefficient (Wildman–Crippen LogP) is 2.21. The molecule has 0 aromatic heterocycles. The zero-order valence-corrected chi connectivity index (χ0v) is 16.4. The summed E-state index contributed by atoms with van der Waals surface area (Å²) < 4.78 is 0. The van der Waals surface area contributed by atoms with Crippen LogP contribution in [0, 0.1) is 11.3 Å². The first-order chi connectivity index (χ1) is 12.2. The fourth-order valence-electron chi connectivity index (χ4n) is 1.81. The van der Waals surface area contributed by atoms with Crippen LogP contribution in [-0.2, 0) is 19.2 Å². The van der Waals surface area contributed by atoms with Gasteiger partial charge in [0.1, 0.15) is 11.0 Å². The van der Waals surface area contributed by atoms with E-state index in [1.807, 2.05) is 6.92 Å². The lowest BCUT2D eigenvalue weighted by molar-refractivity contribution is -0.142. The first-order valence-electron chi connectivity index (χ1n) is 8.47. The molecule has 0 spiro atoms. The quantitative estimate of drug-likeness (QED) is 0.279. The van der Waals surface area contributed by atoms with Crippen molar-refractivity contribution in [3.63, 3.8) is 0 Å². The Kier molecular flexibility index (Phi) is 16.8. The maximum atomic E-state index is 11.6. The number of Topliss-reactive ketones (excluding diaryl/α,β-unsaturated/α-hetero) is 1. The summed E-state index contributed by atoms with van der Waals surface area (Å²) in [5.74, 6) is -2.92. The third kappa shape index (κ3) is 15.6. The Balaban J connectivity index is 0. The molecule has 8 nitrogen and oxygen atoms in total. The number of carbonyl (C=O) groups excluding carboxylic acids is 2. The highest BCUT2D eigenvalue weighted by molar-refractivity contribution is 8.00. The Bertz CT molecular complexity index is 470. The molecule has 2 unspecified atom stereocenters. The molecule has 0 aromatic carbocycles. The molecule has 0 rings (SSSR count). The Morgan fingerprint density at radius 3 is 2.23 bits per heavy atom. The average Bonchev–Trinajstić information content (AvgIpc) is 2.53. The van der Waals surface area contributed by atoms with Crippen molar-refractivity contribution in [2.45, 2.75) is 58.1 Å². The Morgan fingerprint density at radius 1 is 1.23 bits per heavy atom. The lowest BCUT2D eigenvalue weighted by atomic mass is 10.0. The van der Waals surface area contributed by atoms with E-state index in [2.05, 4.69) is 5.32 Å². The van der Waals surface area contributed by atoms with Crippen LogP contribution in [0.15, 0.2) is 0 Å². The average molecular weight is 391 g/mol. The number of hydrogen-bond donors (Lipinski definition) is 4. The molecule has 0 heterocycles. The normalized spacial score (nSPS) is 12.1. The molecule has 0 saturated carbocycles. The lowest BCUT2D eigenvalue weighted by Gasteiger charge is -2.16. The van der Waals surface area contributed by atoms with Gasteiger partial charge in [0.05, 0.1) is 6.42 Å². The third-order valence-corrected chi connectivity index (χ3v) is 4.65. The number of hydrogen-bond acceptors (Lipinski definition) is 6. The minimum absolute atomic E-state index is 0.127. The van der Waals surface area contributed by atoms with Gasteiger partial charge in [0.2, 0.25) is 5.91 Å². The number of carbonyl (C=O) groups is 4. The van der Waals surface area contributed by atoms with E-state index in [0.717, 1.165) is 24.6 Å². The number of carboxylic acids is 2. The van der Waals surface area contributed by atoms with Crippen molar-refractivity contribution in [3.8, 4) is 0 Å². The standard InChI is InChI=1S/C15H25NO6S.C2H5N/c1-3-4-7-16-13(18)6-5-11(10(2)17)9-23-12(15(21)22)8-14(19)20;1-2-3/h11-12H,3-9H2,1-2H3,(H,16,18)(H,19,20)(H,21,22);2-3H,1H3. The van der Waals surface area contributed by atoms with Crippen LogP contribution < -0.4 is 5.32 Å². The Morgan fingerprint density at radius 2 is 1.81 bits per heavy atom. The molecule has 0 radical (unpaired) electrons. The van der Waals surface area contributed by atoms with E-state index in [0.29, 0.717) is 13.0 Å². The SMILES string of the molecule is CC=N.CCCCNC(=O)CCC(CSC(CC(=O)O)C(=O)O)C(C)=O. The Hall–Kier alpha value is -1.90. The second kappa shape index (κ2) is 16.6.